The Balaban J connectivity index is 1.64. The standard InChI is InChI=1S/C26H28N4O4S/c27-22(31)20-14-21(35-23(20)30-25(28)34)17-8-6-7-16(13-17)15-29-26(24(32)33,19-11-4-5-12-19)18-9-2-1-3-10-18/h1-3,6-10,13-14,19,29H,4-5,11-12,15H2,(H2,27,31)(H,32,33)(H3,28,30,34)/t26-/m1/s1. The van der Waals surface area contributed by atoms with E-state index in [0.29, 0.717) is 11.5 Å². The third kappa shape index (κ3) is 5.06. The Kier molecular flexibility index (Phi) is 7.18. The predicted molar refractivity (Wildman–Crippen MR) is 136 cm³/mol. The van der Waals surface area contributed by atoms with Crippen molar-refractivity contribution in [3.8, 4) is 10.4 Å². The molecule has 1 aliphatic rings. The number of carboxylic acid groups (broad SMARTS) is 1. The Morgan fingerprint density at radius 2 is 1.71 bits per heavy atom. The summed E-state index contributed by atoms with van der Waals surface area (Å²) in [5, 5.41) is 16.6. The van der Waals surface area contributed by atoms with Gasteiger partial charge in [-0.05, 0) is 47.6 Å². The largest absolute Gasteiger partial charge is 0.480 e. The summed E-state index contributed by atoms with van der Waals surface area (Å²) in [5.74, 6) is -1.55. The summed E-state index contributed by atoms with van der Waals surface area (Å²) in [6, 6.07) is 17.8. The molecule has 7 N–H and O–H groups in total. The van der Waals surface area contributed by atoms with E-state index in [9.17, 15) is 19.5 Å². The normalized spacial score (nSPS) is 15.4. The van der Waals surface area contributed by atoms with Gasteiger partial charge in [0.25, 0.3) is 5.91 Å². The Morgan fingerprint density at radius 3 is 2.34 bits per heavy atom. The van der Waals surface area contributed by atoms with Gasteiger partial charge in [-0.15, -0.1) is 11.3 Å². The van der Waals surface area contributed by atoms with Crippen LogP contribution in [0.4, 0.5) is 9.80 Å². The van der Waals surface area contributed by atoms with E-state index in [2.05, 4.69) is 10.6 Å². The summed E-state index contributed by atoms with van der Waals surface area (Å²) in [6.45, 7) is 0.339. The molecule has 4 rings (SSSR count). The fourth-order valence-corrected chi connectivity index (χ4v) is 5.98. The highest BCUT2D eigenvalue weighted by atomic mass is 32.1. The summed E-state index contributed by atoms with van der Waals surface area (Å²) in [6.07, 6.45) is 3.75. The van der Waals surface area contributed by atoms with Gasteiger partial charge in [0.15, 0.2) is 0 Å². The minimum atomic E-state index is -1.19. The molecule has 182 valence electrons. The molecule has 3 aromatic rings. The maximum atomic E-state index is 12.8. The van der Waals surface area contributed by atoms with Crippen LogP contribution in [0.25, 0.3) is 10.4 Å². The van der Waals surface area contributed by atoms with Crippen LogP contribution in [0.5, 0.6) is 0 Å². The van der Waals surface area contributed by atoms with Gasteiger partial charge in [0.1, 0.15) is 10.5 Å². The number of amides is 3. The van der Waals surface area contributed by atoms with Crippen LogP contribution in [0.2, 0.25) is 0 Å². The second kappa shape index (κ2) is 10.3. The molecule has 1 saturated carbocycles. The van der Waals surface area contributed by atoms with Crippen molar-refractivity contribution in [1.29, 1.82) is 0 Å². The second-order valence-corrected chi connectivity index (χ2v) is 9.77. The van der Waals surface area contributed by atoms with Gasteiger partial charge in [-0.3, -0.25) is 15.4 Å². The van der Waals surface area contributed by atoms with Crippen molar-refractivity contribution >= 4 is 34.2 Å². The van der Waals surface area contributed by atoms with E-state index < -0.39 is 23.4 Å². The highest BCUT2D eigenvalue weighted by Gasteiger charge is 2.47. The molecule has 2 aromatic carbocycles. The fraction of sp³-hybridized carbons (Fsp3) is 0.269. The molecule has 1 aromatic heterocycles. The van der Waals surface area contributed by atoms with E-state index in [1.165, 1.54) is 11.3 Å². The number of hydrogen-bond acceptors (Lipinski definition) is 5. The Labute approximate surface area is 207 Å². The van der Waals surface area contributed by atoms with Crippen molar-refractivity contribution in [2.75, 3.05) is 5.32 Å². The van der Waals surface area contributed by atoms with Crippen LogP contribution in [0.15, 0.2) is 60.7 Å². The maximum absolute atomic E-state index is 12.8. The molecule has 0 radical (unpaired) electrons. The molecule has 8 nitrogen and oxygen atoms in total. The lowest BCUT2D eigenvalue weighted by molar-refractivity contribution is -0.148. The van der Waals surface area contributed by atoms with E-state index in [0.717, 1.165) is 47.3 Å². The number of urea groups is 1. The van der Waals surface area contributed by atoms with Crippen LogP contribution < -0.4 is 22.1 Å². The summed E-state index contributed by atoms with van der Waals surface area (Å²) < 4.78 is 0. The van der Waals surface area contributed by atoms with Crippen molar-refractivity contribution < 1.29 is 19.5 Å². The average molecular weight is 493 g/mol. The van der Waals surface area contributed by atoms with E-state index in [4.69, 9.17) is 11.5 Å². The average Bonchev–Trinajstić information content (AvgIpc) is 3.51. The SMILES string of the molecule is NC(=O)Nc1sc(-c2cccc(CN[C@](C(=O)O)(c3ccccc3)C3CCCC3)c2)cc1C(N)=O. The number of aliphatic carboxylic acids is 1. The van der Waals surface area contributed by atoms with E-state index in [1.54, 1.807) is 6.07 Å². The van der Waals surface area contributed by atoms with E-state index >= 15 is 0 Å². The van der Waals surface area contributed by atoms with Crippen molar-refractivity contribution in [3.05, 3.63) is 77.4 Å². The first kappa shape index (κ1) is 24.4. The number of carbonyl (C=O) groups is 3. The van der Waals surface area contributed by atoms with Crippen molar-refractivity contribution in [1.82, 2.24) is 5.32 Å². The van der Waals surface area contributed by atoms with Gasteiger partial charge in [0.05, 0.1) is 5.56 Å². The predicted octanol–water partition coefficient (Wildman–Crippen LogP) is 4.26. The van der Waals surface area contributed by atoms with Crippen molar-refractivity contribution in [2.24, 2.45) is 17.4 Å². The number of nitrogens with two attached hydrogens (primary N) is 2. The third-order valence-corrected chi connectivity index (χ3v) is 7.65. The van der Waals surface area contributed by atoms with Gasteiger partial charge in [-0.25, -0.2) is 9.59 Å². The number of carboxylic acids is 1. The number of anilines is 1. The zero-order valence-electron chi connectivity index (χ0n) is 19.1. The summed E-state index contributed by atoms with van der Waals surface area (Å²) in [4.78, 5) is 36.6. The van der Waals surface area contributed by atoms with E-state index in [1.807, 2.05) is 54.6 Å². The Morgan fingerprint density at radius 1 is 1.00 bits per heavy atom. The van der Waals surface area contributed by atoms with Crippen molar-refractivity contribution in [3.63, 3.8) is 0 Å². The van der Waals surface area contributed by atoms with Gasteiger partial charge >= 0.3 is 12.0 Å². The number of benzene rings is 2. The molecule has 1 fully saturated rings. The maximum Gasteiger partial charge on any atom is 0.328 e. The number of thiophene rings is 1. The molecule has 1 aliphatic carbocycles. The van der Waals surface area contributed by atoms with Gasteiger partial charge in [0, 0.05) is 11.4 Å². The molecule has 9 heteroatoms. The highest BCUT2D eigenvalue weighted by molar-refractivity contribution is 7.20. The zero-order chi connectivity index (χ0) is 25.0. The molecule has 3 amide bonds. The van der Waals surface area contributed by atoms with Crippen LogP contribution in [0, 0.1) is 5.92 Å². The first-order valence-corrected chi connectivity index (χ1v) is 12.3. The zero-order valence-corrected chi connectivity index (χ0v) is 19.9. The molecule has 35 heavy (non-hydrogen) atoms. The highest BCUT2D eigenvalue weighted by Crippen LogP contribution is 2.41. The molecule has 0 saturated heterocycles. The molecule has 0 aliphatic heterocycles. The topological polar surface area (TPSA) is 148 Å². The lowest BCUT2D eigenvalue weighted by atomic mass is 9.76. The van der Waals surface area contributed by atoms with E-state index in [-0.39, 0.29) is 11.5 Å². The minimum Gasteiger partial charge on any atom is -0.480 e. The van der Waals surface area contributed by atoms with Gasteiger partial charge in [-0.2, -0.15) is 0 Å². The van der Waals surface area contributed by atoms with Crippen LogP contribution in [0.3, 0.4) is 0 Å². The monoisotopic (exact) mass is 492 g/mol. The molecule has 1 atom stereocenters. The molecular weight excluding hydrogens is 464 g/mol. The number of carbonyl (C=O) groups excluding carboxylic acids is 2. The number of nitrogens with one attached hydrogen (secondary N) is 2. The second-order valence-electron chi connectivity index (χ2n) is 8.72. The lowest BCUT2D eigenvalue weighted by Crippen LogP contribution is -2.53. The van der Waals surface area contributed by atoms with Crippen LogP contribution in [-0.4, -0.2) is 23.0 Å². The summed E-state index contributed by atoms with van der Waals surface area (Å²) in [5.41, 5.74) is 12.1. The van der Waals surface area contributed by atoms with Gasteiger partial charge < -0.3 is 16.6 Å². The summed E-state index contributed by atoms with van der Waals surface area (Å²) in [7, 11) is 0. The molecule has 1 heterocycles. The Bertz CT molecular complexity index is 1240. The molecular formula is C26H28N4O4S. The minimum absolute atomic E-state index is 0.0107. The number of rotatable bonds is 9. The number of hydrogen-bond donors (Lipinski definition) is 5. The van der Waals surface area contributed by atoms with Crippen LogP contribution >= 0.6 is 11.3 Å². The van der Waals surface area contributed by atoms with Crippen LogP contribution in [-0.2, 0) is 16.9 Å². The molecule has 0 bridgehead atoms. The van der Waals surface area contributed by atoms with Crippen molar-refractivity contribution in [2.45, 2.75) is 37.8 Å². The smallest absolute Gasteiger partial charge is 0.328 e. The quantitative estimate of drug-likeness (QED) is 0.303. The first-order valence-electron chi connectivity index (χ1n) is 11.4. The molecule has 0 unspecified atom stereocenters. The third-order valence-electron chi connectivity index (χ3n) is 6.55. The van der Waals surface area contributed by atoms with Gasteiger partial charge in [-0.1, -0.05) is 61.4 Å². The number of primary amides is 2. The Hall–Kier alpha value is -3.69. The first-order chi connectivity index (χ1) is 16.8. The summed E-state index contributed by atoms with van der Waals surface area (Å²) >= 11 is 1.20. The lowest BCUT2D eigenvalue weighted by Gasteiger charge is -2.37. The fourth-order valence-electron chi connectivity index (χ4n) is 4.91. The molecule has 0 spiro atoms. The van der Waals surface area contributed by atoms with Gasteiger partial charge in [0.2, 0.25) is 0 Å². The van der Waals surface area contributed by atoms with Crippen LogP contribution in [0.1, 0.15) is 47.2 Å².